The molecule has 4 atom stereocenters. The average molecular weight is 435 g/mol. The van der Waals surface area contributed by atoms with Crippen molar-refractivity contribution in [2.24, 2.45) is 10.9 Å². The van der Waals surface area contributed by atoms with Gasteiger partial charge in [0.2, 0.25) is 5.72 Å². The Morgan fingerprint density at radius 3 is 2.13 bits per heavy atom. The van der Waals surface area contributed by atoms with Crippen molar-refractivity contribution in [2.45, 2.75) is 31.1 Å². The highest BCUT2D eigenvalue weighted by Crippen LogP contribution is 2.46. The van der Waals surface area contributed by atoms with Crippen molar-refractivity contribution < 1.29 is 9.66 Å². The van der Waals surface area contributed by atoms with Crippen LogP contribution in [0.3, 0.4) is 0 Å². The number of nitrogens with zero attached hydrogens (tertiary/aromatic N) is 2. The molecule has 1 heterocycles. The Labute approximate surface area is 186 Å². The van der Waals surface area contributed by atoms with Gasteiger partial charge in [-0.2, -0.15) is 0 Å². The fourth-order valence-corrected chi connectivity index (χ4v) is 4.27. The van der Waals surface area contributed by atoms with Crippen molar-refractivity contribution in [1.82, 2.24) is 0 Å². The molecular weight excluding hydrogens is 412 g/mol. The lowest BCUT2D eigenvalue weighted by atomic mass is 9.85. The van der Waals surface area contributed by atoms with Crippen LogP contribution in [-0.4, -0.2) is 16.0 Å². The maximum absolute atomic E-state index is 11.1. The van der Waals surface area contributed by atoms with Crippen LogP contribution >= 0.6 is 11.6 Å². The average Bonchev–Trinajstić information content (AvgIpc) is 2.80. The first-order chi connectivity index (χ1) is 14.9. The Hall–Kier alpha value is -3.02. The van der Waals surface area contributed by atoms with Crippen molar-refractivity contribution >= 4 is 23.0 Å². The fourth-order valence-electron chi connectivity index (χ4n) is 4.05. The number of hydrogen-bond donors (Lipinski definition) is 0. The normalized spacial score (nSPS) is 24.3. The van der Waals surface area contributed by atoms with E-state index < -0.39 is 16.0 Å². The number of alkyl halides is 1. The van der Waals surface area contributed by atoms with Gasteiger partial charge in [-0.15, -0.1) is 11.6 Å². The summed E-state index contributed by atoms with van der Waals surface area (Å²) in [6.07, 6.45) is -0.380. The number of hydrogen-bond acceptors (Lipinski definition) is 4. The van der Waals surface area contributed by atoms with E-state index >= 15 is 0 Å². The number of nitro groups is 1. The van der Waals surface area contributed by atoms with E-state index in [-0.39, 0.29) is 17.7 Å². The highest BCUT2D eigenvalue weighted by Gasteiger charge is 2.47. The van der Waals surface area contributed by atoms with Crippen LogP contribution < -0.4 is 0 Å². The summed E-state index contributed by atoms with van der Waals surface area (Å²) < 4.78 is 6.68. The first-order valence-electron chi connectivity index (χ1n) is 10.2. The lowest BCUT2D eigenvalue weighted by molar-refractivity contribution is -0.384. The second-order valence-electron chi connectivity index (χ2n) is 7.72. The van der Waals surface area contributed by atoms with Crippen LogP contribution in [0.2, 0.25) is 0 Å². The van der Waals surface area contributed by atoms with E-state index in [4.69, 9.17) is 21.3 Å². The molecule has 1 unspecified atom stereocenters. The smallest absolute Gasteiger partial charge is 0.269 e. The molecule has 0 spiro atoms. The molecule has 3 aromatic carbocycles. The van der Waals surface area contributed by atoms with Gasteiger partial charge in [-0.25, -0.2) is 4.99 Å². The molecule has 3 aromatic rings. The second kappa shape index (κ2) is 8.61. The SMILES string of the molecule is CC(Cl)[C@]1(c2ccccc2)N=C(c2ccccc2)[C@H](C)[C@H](c2ccc([N+](=O)[O-])cc2)O1. The lowest BCUT2D eigenvalue weighted by Crippen LogP contribution is -2.45. The largest absolute Gasteiger partial charge is 0.339 e. The zero-order valence-corrected chi connectivity index (χ0v) is 18.1. The van der Waals surface area contributed by atoms with Crippen LogP contribution in [0.4, 0.5) is 5.69 Å². The molecule has 0 saturated heterocycles. The molecule has 0 N–H and O–H groups in total. The van der Waals surface area contributed by atoms with Crippen LogP contribution in [0.25, 0.3) is 0 Å². The predicted molar refractivity (Wildman–Crippen MR) is 123 cm³/mol. The maximum Gasteiger partial charge on any atom is 0.269 e. The lowest BCUT2D eigenvalue weighted by Gasteiger charge is -2.44. The van der Waals surface area contributed by atoms with Gasteiger partial charge in [0.1, 0.15) is 0 Å². The first kappa shape index (κ1) is 21.2. The Bertz CT molecular complexity index is 1080. The van der Waals surface area contributed by atoms with Gasteiger partial charge in [-0.3, -0.25) is 10.1 Å². The van der Waals surface area contributed by atoms with Crippen LogP contribution in [0.15, 0.2) is 89.9 Å². The van der Waals surface area contributed by atoms with E-state index in [1.165, 1.54) is 12.1 Å². The standard InChI is InChI=1S/C25H23ClN2O3/c1-17-23(19-9-5-3-6-10-19)27-25(18(2)26,21-11-7-4-8-12-21)31-24(17)20-13-15-22(16-14-20)28(29)30/h3-18,24H,1-2H3/t17-,18?,24+,25-/m0/s1. The summed E-state index contributed by atoms with van der Waals surface area (Å²) in [7, 11) is 0. The molecule has 5 nitrogen and oxygen atoms in total. The summed E-state index contributed by atoms with van der Waals surface area (Å²) in [6, 6.07) is 26.3. The molecule has 6 heteroatoms. The van der Waals surface area contributed by atoms with E-state index in [1.807, 2.05) is 67.6 Å². The summed E-state index contributed by atoms with van der Waals surface area (Å²) in [5.41, 5.74) is 2.56. The van der Waals surface area contributed by atoms with Gasteiger partial charge in [0.05, 0.1) is 22.1 Å². The van der Waals surface area contributed by atoms with E-state index in [0.29, 0.717) is 0 Å². The van der Waals surface area contributed by atoms with Gasteiger partial charge in [0.15, 0.2) is 0 Å². The number of non-ortho nitro benzene ring substituents is 1. The minimum absolute atomic E-state index is 0.0456. The molecule has 0 amide bonds. The highest BCUT2D eigenvalue weighted by atomic mass is 35.5. The topological polar surface area (TPSA) is 64.7 Å². The third-order valence-corrected chi connectivity index (χ3v) is 6.00. The van der Waals surface area contributed by atoms with Crippen LogP contribution in [0.5, 0.6) is 0 Å². The number of benzene rings is 3. The van der Waals surface area contributed by atoms with Gasteiger partial charge in [-0.1, -0.05) is 67.6 Å². The summed E-state index contributed by atoms with van der Waals surface area (Å²) in [5.74, 6) is -0.0869. The van der Waals surface area contributed by atoms with Gasteiger partial charge in [-0.05, 0) is 30.2 Å². The number of nitro benzene ring substituents is 1. The van der Waals surface area contributed by atoms with Gasteiger partial charge < -0.3 is 4.74 Å². The zero-order chi connectivity index (χ0) is 22.0. The number of ether oxygens (including phenoxy) is 1. The molecule has 31 heavy (non-hydrogen) atoms. The fraction of sp³-hybridized carbons (Fsp3) is 0.240. The summed E-state index contributed by atoms with van der Waals surface area (Å²) in [4.78, 5) is 15.8. The quantitative estimate of drug-likeness (QED) is 0.270. The number of halogens is 1. The van der Waals surface area contributed by atoms with Gasteiger partial charge in [0.25, 0.3) is 5.69 Å². The third-order valence-electron chi connectivity index (χ3n) is 5.71. The van der Waals surface area contributed by atoms with Crippen molar-refractivity contribution in [1.29, 1.82) is 0 Å². The molecule has 0 aliphatic carbocycles. The summed E-state index contributed by atoms with van der Waals surface area (Å²) in [6.45, 7) is 3.94. The monoisotopic (exact) mass is 434 g/mol. The molecule has 0 aromatic heterocycles. The molecule has 1 aliphatic heterocycles. The van der Waals surface area contributed by atoms with E-state index in [9.17, 15) is 10.1 Å². The minimum atomic E-state index is -1.09. The van der Waals surface area contributed by atoms with E-state index in [1.54, 1.807) is 12.1 Å². The second-order valence-corrected chi connectivity index (χ2v) is 8.37. The Kier molecular flexibility index (Phi) is 5.90. The highest BCUT2D eigenvalue weighted by molar-refractivity contribution is 6.21. The Morgan fingerprint density at radius 2 is 1.58 bits per heavy atom. The van der Waals surface area contributed by atoms with Crippen molar-refractivity contribution in [3.8, 4) is 0 Å². The third kappa shape index (κ3) is 3.99. The number of aliphatic imine (C=N–C) groups is 1. The van der Waals surface area contributed by atoms with Gasteiger partial charge >= 0.3 is 0 Å². The van der Waals surface area contributed by atoms with E-state index in [0.717, 1.165) is 22.4 Å². The number of rotatable bonds is 5. The molecular formula is C25H23ClN2O3. The zero-order valence-electron chi connectivity index (χ0n) is 17.3. The van der Waals surface area contributed by atoms with E-state index in [2.05, 4.69) is 6.92 Å². The molecule has 4 rings (SSSR count). The molecule has 0 saturated carbocycles. The summed E-state index contributed by atoms with van der Waals surface area (Å²) >= 11 is 6.75. The Morgan fingerprint density at radius 1 is 1.00 bits per heavy atom. The van der Waals surface area contributed by atoms with Crippen molar-refractivity contribution in [3.05, 3.63) is 112 Å². The van der Waals surface area contributed by atoms with Gasteiger partial charge in [0, 0.05) is 23.6 Å². The molecule has 0 fully saturated rings. The van der Waals surface area contributed by atoms with Crippen molar-refractivity contribution in [3.63, 3.8) is 0 Å². The molecule has 0 radical (unpaired) electrons. The minimum Gasteiger partial charge on any atom is -0.339 e. The van der Waals surface area contributed by atoms with Crippen molar-refractivity contribution in [2.75, 3.05) is 0 Å². The van der Waals surface area contributed by atoms with Crippen LogP contribution in [0.1, 0.15) is 36.6 Å². The molecule has 158 valence electrons. The first-order valence-corrected chi connectivity index (χ1v) is 10.6. The van der Waals surface area contributed by atoms with Crippen LogP contribution in [0, 0.1) is 16.0 Å². The predicted octanol–water partition coefficient (Wildman–Crippen LogP) is 6.27. The summed E-state index contributed by atoms with van der Waals surface area (Å²) in [5, 5.41) is 10.6. The van der Waals surface area contributed by atoms with Crippen LogP contribution in [-0.2, 0) is 10.5 Å². The molecule has 1 aliphatic rings. The Balaban J connectivity index is 1.89. The maximum atomic E-state index is 11.1. The molecule has 0 bridgehead atoms.